The molecule has 0 saturated carbocycles. The van der Waals surface area contributed by atoms with Crippen LogP contribution in [-0.4, -0.2) is 47.4 Å². The number of carbonyl (C=O) groups excluding carboxylic acids is 2. The SMILES string of the molecule is CCCCCCCCCCCCCCCCCCCCCC(=O)OCCCCCCCCCCC/C=C\C/C=C\CCCCCCCCCC(=O)NC(CO)C(O)CCCCCCCCCCCCCCC. The van der Waals surface area contributed by atoms with Gasteiger partial charge in [-0.25, -0.2) is 0 Å². The van der Waals surface area contributed by atoms with Crippen molar-refractivity contribution in [2.45, 2.75) is 373 Å². The van der Waals surface area contributed by atoms with Crippen LogP contribution >= 0.6 is 0 Å². The monoisotopic (exact) mass is 1010 g/mol. The van der Waals surface area contributed by atoms with Crippen LogP contribution in [0.4, 0.5) is 0 Å². The summed E-state index contributed by atoms with van der Waals surface area (Å²) < 4.78 is 5.50. The minimum Gasteiger partial charge on any atom is -0.466 e. The number of hydrogen-bond donors (Lipinski definition) is 3. The van der Waals surface area contributed by atoms with E-state index in [0.717, 1.165) is 44.9 Å². The highest BCUT2D eigenvalue weighted by Crippen LogP contribution is 2.18. The minimum absolute atomic E-state index is 0.0123. The van der Waals surface area contributed by atoms with Gasteiger partial charge in [0.25, 0.3) is 0 Å². The van der Waals surface area contributed by atoms with Crippen LogP contribution < -0.4 is 5.32 Å². The van der Waals surface area contributed by atoms with E-state index >= 15 is 0 Å². The molecular formula is C66H127NO5. The van der Waals surface area contributed by atoms with E-state index in [1.54, 1.807) is 0 Å². The number of nitrogens with one attached hydrogen (secondary N) is 1. The van der Waals surface area contributed by atoms with E-state index in [-0.39, 0.29) is 18.5 Å². The molecule has 426 valence electrons. The van der Waals surface area contributed by atoms with E-state index in [0.29, 0.717) is 25.9 Å². The fraction of sp³-hybridized carbons (Fsp3) is 0.909. The summed E-state index contributed by atoms with van der Waals surface area (Å²) >= 11 is 0. The normalized spacial score (nSPS) is 12.7. The van der Waals surface area contributed by atoms with Crippen molar-refractivity contribution in [1.82, 2.24) is 5.32 Å². The minimum atomic E-state index is -0.670. The highest BCUT2D eigenvalue weighted by atomic mass is 16.5. The van der Waals surface area contributed by atoms with Crippen molar-refractivity contribution < 1.29 is 24.5 Å². The number of allylic oxidation sites excluding steroid dienone is 4. The molecule has 72 heavy (non-hydrogen) atoms. The van der Waals surface area contributed by atoms with Gasteiger partial charge in [-0.1, -0.05) is 314 Å². The molecule has 0 saturated heterocycles. The maximum absolute atomic E-state index is 12.5. The first-order chi connectivity index (χ1) is 35.5. The molecule has 0 aliphatic carbocycles. The molecule has 0 aromatic heterocycles. The van der Waals surface area contributed by atoms with Crippen molar-refractivity contribution in [3.8, 4) is 0 Å². The predicted octanol–water partition coefficient (Wildman–Crippen LogP) is 20.6. The summed E-state index contributed by atoms with van der Waals surface area (Å²) in [6, 6.07) is -0.548. The molecule has 0 aliphatic heterocycles. The number of esters is 1. The van der Waals surface area contributed by atoms with Gasteiger partial charge < -0.3 is 20.3 Å². The van der Waals surface area contributed by atoms with Gasteiger partial charge in [0.05, 0.1) is 25.4 Å². The highest BCUT2D eigenvalue weighted by Gasteiger charge is 2.20. The topological polar surface area (TPSA) is 95.9 Å². The molecule has 2 atom stereocenters. The average molecular weight is 1010 g/mol. The zero-order valence-electron chi connectivity index (χ0n) is 48.7. The number of aliphatic hydroxyl groups excluding tert-OH is 2. The fourth-order valence-corrected chi connectivity index (χ4v) is 10.3. The van der Waals surface area contributed by atoms with Gasteiger partial charge in [0.15, 0.2) is 0 Å². The number of carbonyl (C=O) groups is 2. The first kappa shape index (κ1) is 70.3. The average Bonchev–Trinajstić information content (AvgIpc) is 3.38. The molecule has 0 rings (SSSR count). The second-order valence-electron chi connectivity index (χ2n) is 22.5. The summed E-state index contributed by atoms with van der Waals surface area (Å²) in [6.45, 7) is 4.97. The third-order valence-corrected chi connectivity index (χ3v) is 15.3. The van der Waals surface area contributed by atoms with Gasteiger partial charge in [-0.3, -0.25) is 9.59 Å². The lowest BCUT2D eigenvalue weighted by Crippen LogP contribution is -2.45. The summed E-state index contributed by atoms with van der Waals surface area (Å²) in [5.74, 6) is -0.0319. The molecule has 0 bridgehead atoms. The summed E-state index contributed by atoms with van der Waals surface area (Å²) in [4.78, 5) is 24.6. The van der Waals surface area contributed by atoms with Gasteiger partial charge in [-0.2, -0.15) is 0 Å². The molecule has 1 amide bonds. The number of ether oxygens (including phenoxy) is 1. The first-order valence-electron chi connectivity index (χ1n) is 32.6. The van der Waals surface area contributed by atoms with E-state index in [4.69, 9.17) is 4.74 Å². The lowest BCUT2D eigenvalue weighted by atomic mass is 10.0. The molecule has 2 unspecified atom stereocenters. The molecule has 0 heterocycles. The Kier molecular flexibility index (Phi) is 60.5. The molecule has 0 spiro atoms. The Hall–Kier alpha value is -1.66. The molecule has 0 aromatic rings. The summed E-state index contributed by atoms with van der Waals surface area (Å²) in [7, 11) is 0. The van der Waals surface area contributed by atoms with Crippen LogP contribution in [0.25, 0.3) is 0 Å². The van der Waals surface area contributed by atoms with Gasteiger partial charge in [-0.05, 0) is 57.8 Å². The Balaban J connectivity index is 3.41. The van der Waals surface area contributed by atoms with Crippen LogP contribution in [0.2, 0.25) is 0 Å². The maximum Gasteiger partial charge on any atom is 0.305 e. The number of unbranched alkanes of at least 4 members (excludes halogenated alkanes) is 46. The Morgan fingerprint density at radius 2 is 0.694 bits per heavy atom. The van der Waals surface area contributed by atoms with Crippen molar-refractivity contribution in [3.05, 3.63) is 24.3 Å². The number of rotatable bonds is 61. The zero-order valence-corrected chi connectivity index (χ0v) is 48.7. The predicted molar refractivity (Wildman–Crippen MR) is 315 cm³/mol. The van der Waals surface area contributed by atoms with Gasteiger partial charge >= 0.3 is 5.97 Å². The van der Waals surface area contributed by atoms with Gasteiger partial charge in [0, 0.05) is 12.8 Å². The summed E-state index contributed by atoms with van der Waals surface area (Å²) in [5, 5.41) is 23.2. The Morgan fingerprint density at radius 1 is 0.389 bits per heavy atom. The van der Waals surface area contributed by atoms with Crippen molar-refractivity contribution >= 4 is 11.9 Å². The first-order valence-corrected chi connectivity index (χ1v) is 32.6. The molecule has 6 heteroatoms. The zero-order chi connectivity index (χ0) is 52.2. The van der Waals surface area contributed by atoms with Crippen LogP contribution in [0.5, 0.6) is 0 Å². The van der Waals surface area contributed by atoms with E-state index in [1.165, 1.54) is 283 Å². The lowest BCUT2D eigenvalue weighted by Gasteiger charge is -2.22. The molecule has 0 aromatic carbocycles. The van der Waals surface area contributed by atoms with Crippen molar-refractivity contribution in [2.75, 3.05) is 13.2 Å². The highest BCUT2D eigenvalue weighted by molar-refractivity contribution is 5.76. The second kappa shape index (κ2) is 61.9. The van der Waals surface area contributed by atoms with Gasteiger partial charge in [-0.15, -0.1) is 0 Å². The van der Waals surface area contributed by atoms with Crippen LogP contribution in [0, 0.1) is 0 Å². The van der Waals surface area contributed by atoms with Crippen LogP contribution in [0.3, 0.4) is 0 Å². The number of amides is 1. The molecule has 6 nitrogen and oxygen atoms in total. The Morgan fingerprint density at radius 3 is 1.06 bits per heavy atom. The van der Waals surface area contributed by atoms with E-state index in [9.17, 15) is 19.8 Å². The standard InChI is InChI=1S/C66H127NO5/c1-3-5-7-9-11-13-15-17-18-19-25-29-32-36-40-44-48-52-56-60-66(71)72-61-57-53-49-45-41-37-33-30-27-24-22-20-21-23-26-28-31-35-39-43-47-51-55-59-65(70)67-63(62-68)64(69)58-54-50-46-42-38-34-16-14-12-10-8-6-4-2/h20,22-23,26,63-64,68-69H,3-19,21,24-25,27-62H2,1-2H3,(H,67,70)/b22-20-,26-23-. The lowest BCUT2D eigenvalue weighted by molar-refractivity contribution is -0.143. The second-order valence-corrected chi connectivity index (χ2v) is 22.5. The molecule has 0 fully saturated rings. The largest absolute Gasteiger partial charge is 0.466 e. The van der Waals surface area contributed by atoms with Crippen molar-refractivity contribution in [3.63, 3.8) is 0 Å². The van der Waals surface area contributed by atoms with Gasteiger partial charge in [0.1, 0.15) is 0 Å². The quantitative estimate of drug-likeness (QED) is 0.0320. The maximum atomic E-state index is 12.5. The molecule has 3 N–H and O–H groups in total. The Labute approximate surface area is 450 Å². The number of aliphatic hydroxyl groups is 2. The van der Waals surface area contributed by atoms with E-state index < -0.39 is 12.1 Å². The third kappa shape index (κ3) is 57.6. The molecule has 0 radical (unpaired) electrons. The van der Waals surface area contributed by atoms with Gasteiger partial charge in [0.2, 0.25) is 5.91 Å². The molecule has 0 aliphatic rings. The van der Waals surface area contributed by atoms with Crippen LogP contribution in [-0.2, 0) is 14.3 Å². The van der Waals surface area contributed by atoms with Crippen molar-refractivity contribution in [1.29, 1.82) is 0 Å². The summed E-state index contributed by atoms with van der Waals surface area (Å²) in [5.41, 5.74) is 0. The molecular weight excluding hydrogens is 887 g/mol. The summed E-state index contributed by atoms with van der Waals surface area (Å²) in [6.07, 6.45) is 76.3. The number of hydrogen-bond acceptors (Lipinski definition) is 5. The van der Waals surface area contributed by atoms with Crippen LogP contribution in [0.1, 0.15) is 361 Å². The van der Waals surface area contributed by atoms with E-state index in [2.05, 4.69) is 43.5 Å². The fourth-order valence-electron chi connectivity index (χ4n) is 10.3. The smallest absolute Gasteiger partial charge is 0.305 e. The van der Waals surface area contributed by atoms with Crippen molar-refractivity contribution in [2.24, 2.45) is 0 Å². The van der Waals surface area contributed by atoms with E-state index in [1.807, 2.05) is 0 Å². The third-order valence-electron chi connectivity index (χ3n) is 15.3. The Bertz CT molecular complexity index is 1120. The van der Waals surface area contributed by atoms with Crippen LogP contribution in [0.15, 0.2) is 24.3 Å².